The van der Waals surface area contributed by atoms with Crippen molar-refractivity contribution in [3.63, 3.8) is 0 Å². The molecule has 0 N–H and O–H groups in total. The number of benzene rings is 1. The Morgan fingerprint density at radius 2 is 1.65 bits per heavy atom. The fraction of sp³-hybridized carbons (Fsp3) is 0.696. The van der Waals surface area contributed by atoms with Crippen LogP contribution in [0.25, 0.3) is 0 Å². The molecule has 3 aliphatic rings. The van der Waals surface area contributed by atoms with Gasteiger partial charge >= 0.3 is 0 Å². The molecule has 26 heavy (non-hydrogen) atoms. The molecule has 0 aromatic heterocycles. The minimum absolute atomic E-state index is 0.0965. The average molecular weight is 355 g/mol. The highest BCUT2D eigenvalue weighted by atomic mass is 16.7. The molecule has 3 nitrogen and oxygen atoms in total. The number of fused-ring (bicyclic) bond motifs is 1. The summed E-state index contributed by atoms with van der Waals surface area (Å²) in [5.41, 5.74) is 2.77. The Balaban J connectivity index is 1.56. The molecule has 2 aliphatic heterocycles. The predicted octanol–water partition coefficient (Wildman–Crippen LogP) is 5.39. The second-order valence-electron chi connectivity index (χ2n) is 9.74. The standard InChI is InChI=1S/C23H34N2O/c1-22(2)14-9-15-23(3,4)25(22)26-20-13-8-12-18-16-19(24-21(18)20)17-10-6-5-7-11-17/h5-7,10-11,18,20-21H,8-9,12-16H2,1-4H3/t18-,20+,21+/m1/s1. The Kier molecular flexibility index (Phi) is 4.73. The number of hydrogen-bond acceptors (Lipinski definition) is 3. The Hall–Kier alpha value is -1.19. The van der Waals surface area contributed by atoms with Crippen LogP contribution in [0.15, 0.2) is 35.3 Å². The van der Waals surface area contributed by atoms with Crippen LogP contribution < -0.4 is 0 Å². The zero-order chi connectivity index (χ0) is 18.4. The van der Waals surface area contributed by atoms with Gasteiger partial charge in [-0.3, -0.25) is 9.83 Å². The van der Waals surface area contributed by atoms with Crippen molar-refractivity contribution in [2.45, 2.75) is 95.9 Å². The minimum Gasteiger partial charge on any atom is -0.292 e. The molecule has 142 valence electrons. The van der Waals surface area contributed by atoms with Gasteiger partial charge in [0.05, 0.1) is 6.04 Å². The number of hydroxylamine groups is 2. The Bertz CT molecular complexity index is 648. The van der Waals surface area contributed by atoms with E-state index in [1.54, 1.807) is 0 Å². The lowest BCUT2D eigenvalue weighted by Gasteiger charge is -2.53. The first-order valence-electron chi connectivity index (χ1n) is 10.5. The van der Waals surface area contributed by atoms with E-state index < -0.39 is 0 Å². The van der Waals surface area contributed by atoms with E-state index in [9.17, 15) is 0 Å². The van der Waals surface area contributed by atoms with Gasteiger partial charge in [-0.25, -0.2) is 0 Å². The normalized spacial score (nSPS) is 33.5. The van der Waals surface area contributed by atoms with Gasteiger partial charge < -0.3 is 0 Å². The highest BCUT2D eigenvalue weighted by Gasteiger charge is 2.47. The molecule has 2 heterocycles. The highest BCUT2D eigenvalue weighted by Crippen LogP contribution is 2.43. The zero-order valence-electron chi connectivity index (χ0n) is 16.9. The first-order chi connectivity index (χ1) is 12.4. The maximum absolute atomic E-state index is 6.79. The van der Waals surface area contributed by atoms with Crippen molar-refractivity contribution in [2.75, 3.05) is 0 Å². The summed E-state index contributed by atoms with van der Waals surface area (Å²) in [4.78, 5) is 12.0. The van der Waals surface area contributed by atoms with Crippen LogP contribution in [0.5, 0.6) is 0 Å². The molecule has 0 spiro atoms. The van der Waals surface area contributed by atoms with Crippen molar-refractivity contribution in [1.82, 2.24) is 5.06 Å². The van der Waals surface area contributed by atoms with E-state index in [1.807, 2.05) is 0 Å². The van der Waals surface area contributed by atoms with E-state index >= 15 is 0 Å². The average Bonchev–Trinajstić information content (AvgIpc) is 3.03. The molecule has 2 fully saturated rings. The van der Waals surface area contributed by atoms with E-state index in [-0.39, 0.29) is 17.2 Å². The zero-order valence-corrected chi connectivity index (χ0v) is 16.9. The summed E-state index contributed by atoms with van der Waals surface area (Å²) in [6, 6.07) is 11.0. The lowest BCUT2D eigenvalue weighted by molar-refractivity contribution is -0.311. The smallest absolute Gasteiger partial charge is 0.102 e. The molecule has 0 bridgehead atoms. The van der Waals surface area contributed by atoms with Gasteiger partial charge in [0.25, 0.3) is 0 Å². The predicted molar refractivity (Wildman–Crippen MR) is 107 cm³/mol. The quantitative estimate of drug-likeness (QED) is 0.727. The third kappa shape index (κ3) is 3.36. The van der Waals surface area contributed by atoms with Crippen molar-refractivity contribution in [3.05, 3.63) is 35.9 Å². The van der Waals surface area contributed by atoms with Crippen molar-refractivity contribution >= 4 is 5.71 Å². The number of aliphatic imine (C=N–C) groups is 1. The molecular formula is C23H34N2O. The maximum atomic E-state index is 6.79. The fourth-order valence-corrected chi connectivity index (χ4v) is 5.45. The van der Waals surface area contributed by atoms with Crippen LogP contribution in [0.2, 0.25) is 0 Å². The van der Waals surface area contributed by atoms with Crippen molar-refractivity contribution in [3.8, 4) is 0 Å². The SMILES string of the molecule is CC1(C)CCCC(C)(C)N1O[C@H]1CCC[C@@H]2CC(c3ccccc3)=N[C@@H]21. The lowest BCUT2D eigenvalue weighted by Crippen LogP contribution is -2.60. The van der Waals surface area contributed by atoms with Crippen molar-refractivity contribution in [2.24, 2.45) is 10.9 Å². The number of nitrogens with zero attached hydrogens (tertiary/aromatic N) is 2. The summed E-state index contributed by atoms with van der Waals surface area (Å²) in [6.07, 6.45) is 8.72. The van der Waals surface area contributed by atoms with Crippen LogP contribution in [0.3, 0.4) is 0 Å². The molecule has 1 saturated carbocycles. The van der Waals surface area contributed by atoms with Gasteiger partial charge in [-0.15, -0.1) is 0 Å². The van der Waals surface area contributed by atoms with Gasteiger partial charge in [-0.05, 0) is 77.7 Å². The summed E-state index contributed by atoms with van der Waals surface area (Å²) in [7, 11) is 0. The van der Waals surface area contributed by atoms with Gasteiger partial charge in [0.1, 0.15) is 6.10 Å². The Morgan fingerprint density at radius 3 is 2.35 bits per heavy atom. The summed E-state index contributed by atoms with van der Waals surface area (Å²) >= 11 is 0. The topological polar surface area (TPSA) is 24.8 Å². The largest absolute Gasteiger partial charge is 0.292 e. The first kappa shape index (κ1) is 18.2. The van der Waals surface area contributed by atoms with E-state index in [0.29, 0.717) is 12.0 Å². The van der Waals surface area contributed by atoms with E-state index in [0.717, 1.165) is 12.8 Å². The molecule has 1 aromatic rings. The van der Waals surface area contributed by atoms with Crippen LogP contribution in [-0.4, -0.2) is 34.0 Å². The molecular weight excluding hydrogens is 320 g/mol. The second-order valence-corrected chi connectivity index (χ2v) is 9.74. The van der Waals surface area contributed by atoms with Crippen LogP contribution in [0, 0.1) is 5.92 Å². The molecule has 0 radical (unpaired) electrons. The molecule has 4 rings (SSSR count). The van der Waals surface area contributed by atoms with Gasteiger partial charge in [0, 0.05) is 16.8 Å². The first-order valence-corrected chi connectivity index (χ1v) is 10.5. The van der Waals surface area contributed by atoms with Crippen molar-refractivity contribution < 1.29 is 4.84 Å². The third-order valence-electron chi connectivity index (χ3n) is 6.71. The summed E-state index contributed by atoms with van der Waals surface area (Å²) in [5, 5.41) is 2.34. The number of hydrogen-bond donors (Lipinski definition) is 0. The van der Waals surface area contributed by atoms with Crippen LogP contribution >= 0.6 is 0 Å². The molecule has 3 atom stereocenters. The van der Waals surface area contributed by atoms with Gasteiger partial charge in [-0.1, -0.05) is 36.8 Å². The summed E-state index contributed by atoms with van der Waals surface area (Å²) in [5.74, 6) is 0.653. The van der Waals surface area contributed by atoms with Gasteiger partial charge in [-0.2, -0.15) is 5.06 Å². The maximum Gasteiger partial charge on any atom is 0.102 e. The summed E-state index contributed by atoms with van der Waals surface area (Å²) in [6.45, 7) is 9.34. The molecule has 0 amide bonds. The second kappa shape index (κ2) is 6.76. The monoisotopic (exact) mass is 354 g/mol. The highest BCUT2D eigenvalue weighted by molar-refractivity contribution is 6.02. The molecule has 1 aliphatic carbocycles. The summed E-state index contributed by atoms with van der Waals surface area (Å²) < 4.78 is 0. The van der Waals surface area contributed by atoms with E-state index in [1.165, 1.54) is 43.4 Å². The Morgan fingerprint density at radius 1 is 0.962 bits per heavy atom. The fourth-order valence-electron chi connectivity index (χ4n) is 5.45. The van der Waals surface area contributed by atoms with Gasteiger partial charge in [0.2, 0.25) is 0 Å². The molecule has 0 unspecified atom stereocenters. The van der Waals surface area contributed by atoms with E-state index in [4.69, 9.17) is 9.83 Å². The third-order valence-corrected chi connectivity index (χ3v) is 6.71. The lowest BCUT2D eigenvalue weighted by atomic mass is 9.81. The van der Waals surface area contributed by atoms with Crippen LogP contribution in [-0.2, 0) is 4.84 Å². The minimum atomic E-state index is 0.0965. The van der Waals surface area contributed by atoms with Gasteiger partial charge in [0.15, 0.2) is 0 Å². The van der Waals surface area contributed by atoms with Crippen LogP contribution in [0.1, 0.15) is 78.2 Å². The Labute approximate surface area is 158 Å². The van der Waals surface area contributed by atoms with Crippen LogP contribution in [0.4, 0.5) is 0 Å². The molecule has 3 heteroatoms. The number of rotatable bonds is 3. The molecule has 1 saturated heterocycles. The molecule has 1 aromatic carbocycles. The van der Waals surface area contributed by atoms with E-state index in [2.05, 4.69) is 63.1 Å². The van der Waals surface area contributed by atoms with Crippen molar-refractivity contribution in [1.29, 1.82) is 0 Å². The number of piperidine rings is 1.